The van der Waals surface area contributed by atoms with Gasteiger partial charge in [0.15, 0.2) is 0 Å². The number of aromatic nitrogens is 1. The lowest BCUT2D eigenvalue weighted by Gasteiger charge is -2.36. The molecule has 0 radical (unpaired) electrons. The van der Waals surface area contributed by atoms with Crippen LogP contribution in [0.25, 0.3) is 0 Å². The minimum absolute atomic E-state index is 0.0995. The highest BCUT2D eigenvalue weighted by Gasteiger charge is 2.31. The maximum atomic E-state index is 12.9. The standard InChI is InChI=1S/C18H19Cl2N3OS/c19-14-9-15(20)17(21-10-14)22-5-1-12(2-6-22)18(24)23-7-3-16-13(11-23)4-8-25-16/h4,8-10,12H,1-3,5-7,11H2. The summed E-state index contributed by atoms with van der Waals surface area (Å²) in [6.45, 7) is 3.20. The Morgan fingerprint density at radius 1 is 1.24 bits per heavy atom. The summed E-state index contributed by atoms with van der Waals surface area (Å²) in [6, 6.07) is 3.87. The van der Waals surface area contributed by atoms with Gasteiger partial charge in [-0.15, -0.1) is 11.3 Å². The largest absolute Gasteiger partial charge is 0.355 e. The first-order valence-corrected chi connectivity index (χ1v) is 10.2. The number of nitrogens with zero attached hydrogens (tertiary/aromatic N) is 3. The summed E-state index contributed by atoms with van der Waals surface area (Å²) in [4.78, 5) is 22.9. The van der Waals surface area contributed by atoms with E-state index in [0.717, 1.165) is 51.3 Å². The molecular weight excluding hydrogens is 377 g/mol. The molecule has 4 nitrogen and oxygen atoms in total. The van der Waals surface area contributed by atoms with Gasteiger partial charge in [0.1, 0.15) is 5.82 Å². The van der Waals surface area contributed by atoms with Gasteiger partial charge in [0, 0.05) is 43.2 Å². The van der Waals surface area contributed by atoms with E-state index in [9.17, 15) is 4.79 Å². The number of fused-ring (bicyclic) bond motifs is 1. The highest BCUT2D eigenvalue weighted by molar-refractivity contribution is 7.10. The second-order valence-electron chi connectivity index (χ2n) is 6.60. The average molecular weight is 396 g/mol. The molecule has 1 fully saturated rings. The van der Waals surface area contributed by atoms with Crippen LogP contribution in [0, 0.1) is 5.92 Å². The topological polar surface area (TPSA) is 36.4 Å². The molecule has 1 saturated heterocycles. The van der Waals surface area contributed by atoms with Crippen molar-refractivity contribution in [3.63, 3.8) is 0 Å². The fourth-order valence-electron chi connectivity index (χ4n) is 3.67. The third kappa shape index (κ3) is 3.50. The van der Waals surface area contributed by atoms with E-state index in [1.54, 1.807) is 23.6 Å². The van der Waals surface area contributed by atoms with Gasteiger partial charge in [-0.1, -0.05) is 23.2 Å². The zero-order valence-electron chi connectivity index (χ0n) is 13.8. The number of hydrogen-bond donors (Lipinski definition) is 0. The Bertz CT molecular complexity index is 786. The van der Waals surface area contributed by atoms with Crippen molar-refractivity contribution in [3.8, 4) is 0 Å². The maximum Gasteiger partial charge on any atom is 0.226 e. The number of halogens is 2. The van der Waals surface area contributed by atoms with Crippen LogP contribution >= 0.6 is 34.5 Å². The lowest BCUT2D eigenvalue weighted by Crippen LogP contribution is -2.44. The molecule has 2 aromatic heterocycles. The predicted octanol–water partition coefficient (Wildman–Crippen LogP) is 4.25. The molecule has 132 valence electrons. The van der Waals surface area contributed by atoms with Crippen LogP contribution in [-0.2, 0) is 17.8 Å². The Balaban J connectivity index is 1.38. The minimum atomic E-state index is 0.0995. The van der Waals surface area contributed by atoms with Gasteiger partial charge in [-0.05, 0) is 42.3 Å². The minimum Gasteiger partial charge on any atom is -0.355 e. The zero-order valence-corrected chi connectivity index (χ0v) is 16.1. The zero-order chi connectivity index (χ0) is 17.4. The van der Waals surface area contributed by atoms with Crippen LogP contribution in [0.15, 0.2) is 23.7 Å². The number of pyridine rings is 1. The Labute approximate surface area is 161 Å². The number of piperidine rings is 1. The van der Waals surface area contributed by atoms with Crippen molar-refractivity contribution in [2.75, 3.05) is 24.5 Å². The smallest absolute Gasteiger partial charge is 0.226 e. The summed E-state index contributed by atoms with van der Waals surface area (Å²) in [5.41, 5.74) is 1.32. The molecule has 7 heteroatoms. The van der Waals surface area contributed by atoms with Crippen molar-refractivity contribution >= 4 is 46.3 Å². The molecule has 4 rings (SSSR count). The molecule has 25 heavy (non-hydrogen) atoms. The number of thiophene rings is 1. The van der Waals surface area contributed by atoms with Crippen molar-refractivity contribution in [2.45, 2.75) is 25.8 Å². The quantitative estimate of drug-likeness (QED) is 0.762. The van der Waals surface area contributed by atoms with Crippen LogP contribution in [0.1, 0.15) is 23.3 Å². The van der Waals surface area contributed by atoms with Gasteiger partial charge in [-0.25, -0.2) is 4.98 Å². The Morgan fingerprint density at radius 3 is 2.80 bits per heavy atom. The molecule has 0 aromatic carbocycles. The van der Waals surface area contributed by atoms with E-state index in [2.05, 4.69) is 21.3 Å². The van der Waals surface area contributed by atoms with Crippen molar-refractivity contribution < 1.29 is 4.79 Å². The lowest BCUT2D eigenvalue weighted by molar-refractivity contribution is -0.137. The van der Waals surface area contributed by atoms with Gasteiger partial charge in [-0.2, -0.15) is 0 Å². The van der Waals surface area contributed by atoms with Crippen LogP contribution < -0.4 is 4.90 Å². The van der Waals surface area contributed by atoms with Crippen LogP contribution in [0.3, 0.4) is 0 Å². The Morgan fingerprint density at radius 2 is 2.04 bits per heavy atom. The van der Waals surface area contributed by atoms with E-state index in [1.165, 1.54) is 10.4 Å². The first kappa shape index (κ1) is 17.1. The number of carbonyl (C=O) groups is 1. The molecular formula is C18H19Cl2N3OS. The number of rotatable bonds is 2. The summed E-state index contributed by atoms with van der Waals surface area (Å²) in [5.74, 6) is 1.16. The average Bonchev–Trinajstić information content (AvgIpc) is 3.09. The molecule has 0 aliphatic carbocycles. The Kier molecular flexibility index (Phi) is 4.89. The summed E-state index contributed by atoms with van der Waals surface area (Å²) < 4.78 is 0. The number of hydrogen-bond acceptors (Lipinski definition) is 4. The fourth-order valence-corrected chi connectivity index (χ4v) is 5.06. The van der Waals surface area contributed by atoms with E-state index >= 15 is 0 Å². The molecule has 2 aliphatic heterocycles. The predicted molar refractivity (Wildman–Crippen MR) is 103 cm³/mol. The third-order valence-corrected chi connectivity index (χ3v) is 6.56. The van der Waals surface area contributed by atoms with Gasteiger partial charge >= 0.3 is 0 Å². The molecule has 1 amide bonds. The maximum absolute atomic E-state index is 12.9. The SMILES string of the molecule is O=C(C1CCN(c2ncc(Cl)cc2Cl)CC1)N1CCc2sccc2C1. The summed E-state index contributed by atoms with van der Waals surface area (Å²) in [7, 11) is 0. The van der Waals surface area contributed by atoms with Gasteiger partial charge in [0.05, 0.1) is 10.0 Å². The van der Waals surface area contributed by atoms with Crippen molar-refractivity contribution in [1.29, 1.82) is 0 Å². The molecule has 0 bridgehead atoms. The van der Waals surface area contributed by atoms with Gasteiger partial charge in [0.25, 0.3) is 0 Å². The third-order valence-electron chi connectivity index (χ3n) is 5.05. The molecule has 2 aliphatic rings. The lowest BCUT2D eigenvalue weighted by atomic mass is 9.94. The van der Waals surface area contributed by atoms with Crippen molar-refractivity contribution in [1.82, 2.24) is 9.88 Å². The monoisotopic (exact) mass is 395 g/mol. The summed E-state index contributed by atoms with van der Waals surface area (Å²) in [5, 5.41) is 3.23. The molecule has 0 N–H and O–H groups in total. The van der Waals surface area contributed by atoms with Gasteiger partial charge < -0.3 is 9.80 Å². The van der Waals surface area contributed by atoms with Crippen LogP contribution in [0.5, 0.6) is 0 Å². The second kappa shape index (κ2) is 7.14. The van der Waals surface area contributed by atoms with Crippen molar-refractivity contribution in [2.24, 2.45) is 5.92 Å². The molecule has 4 heterocycles. The van der Waals surface area contributed by atoms with E-state index in [0.29, 0.717) is 16.0 Å². The second-order valence-corrected chi connectivity index (χ2v) is 8.44. The normalized spacial score (nSPS) is 18.3. The molecule has 0 unspecified atom stereocenters. The Hall–Kier alpha value is -1.30. The molecule has 0 saturated carbocycles. The van der Waals surface area contributed by atoms with E-state index < -0.39 is 0 Å². The fraction of sp³-hybridized carbons (Fsp3) is 0.444. The molecule has 0 spiro atoms. The van der Waals surface area contributed by atoms with Crippen LogP contribution in [0.4, 0.5) is 5.82 Å². The van der Waals surface area contributed by atoms with E-state index in [1.807, 2.05) is 4.90 Å². The summed E-state index contributed by atoms with van der Waals surface area (Å²) in [6.07, 6.45) is 4.28. The van der Waals surface area contributed by atoms with Crippen LogP contribution in [-0.4, -0.2) is 35.4 Å². The highest BCUT2D eigenvalue weighted by atomic mass is 35.5. The first-order valence-electron chi connectivity index (χ1n) is 8.52. The van der Waals surface area contributed by atoms with Gasteiger partial charge in [0.2, 0.25) is 5.91 Å². The number of amides is 1. The molecule has 2 aromatic rings. The van der Waals surface area contributed by atoms with E-state index in [-0.39, 0.29) is 5.92 Å². The van der Waals surface area contributed by atoms with Crippen LogP contribution in [0.2, 0.25) is 10.0 Å². The van der Waals surface area contributed by atoms with Crippen molar-refractivity contribution in [3.05, 3.63) is 44.2 Å². The molecule has 0 atom stereocenters. The number of carbonyl (C=O) groups excluding carboxylic acids is 1. The highest BCUT2D eigenvalue weighted by Crippen LogP contribution is 2.31. The van der Waals surface area contributed by atoms with Gasteiger partial charge in [-0.3, -0.25) is 4.79 Å². The van der Waals surface area contributed by atoms with E-state index in [4.69, 9.17) is 23.2 Å². The first-order chi connectivity index (χ1) is 12.1. The number of anilines is 1. The summed E-state index contributed by atoms with van der Waals surface area (Å²) >= 11 is 14.0.